The van der Waals surface area contributed by atoms with E-state index in [1.807, 2.05) is 0 Å². The number of hydrogen-bond acceptors (Lipinski definition) is 1. The molecule has 0 aliphatic rings. The maximum atomic E-state index is 12.0. The third-order valence-electron chi connectivity index (χ3n) is 0.802. The Labute approximate surface area is 51.8 Å². The third kappa shape index (κ3) is 4.27. The van der Waals surface area contributed by atoms with Gasteiger partial charge in [0.05, 0.1) is 6.61 Å². The van der Waals surface area contributed by atoms with Crippen LogP contribution in [0.5, 0.6) is 0 Å². The van der Waals surface area contributed by atoms with Gasteiger partial charge in [0.15, 0.2) is 0 Å². The lowest BCUT2D eigenvalue weighted by atomic mass is 10.5. The molecule has 9 heavy (non-hydrogen) atoms. The quantitative estimate of drug-likeness (QED) is 0.583. The van der Waals surface area contributed by atoms with Gasteiger partial charge < -0.3 is 4.74 Å². The van der Waals surface area contributed by atoms with E-state index < -0.39 is 25.8 Å². The smallest absolute Gasteiger partial charge is 0.318 e. The maximum absolute atomic E-state index is 12.0. The lowest BCUT2D eigenvalue weighted by molar-refractivity contribution is -0.240. The Kier molecular flexibility index (Phi) is 3.61. The molecule has 0 radical (unpaired) electrons. The van der Waals surface area contributed by atoms with Crippen LogP contribution in [0.15, 0.2) is 0 Å². The van der Waals surface area contributed by atoms with Gasteiger partial charge >= 0.3 is 6.11 Å². The summed E-state index contributed by atoms with van der Waals surface area (Å²) in [7, 11) is 0. The van der Waals surface area contributed by atoms with E-state index in [9.17, 15) is 13.2 Å². The van der Waals surface area contributed by atoms with Crippen molar-refractivity contribution in [3.63, 3.8) is 0 Å². The second kappa shape index (κ2) is 3.71. The van der Waals surface area contributed by atoms with E-state index in [-0.39, 0.29) is 0 Å². The summed E-state index contributed by atoms with van der Waals surface area (Å²) in [6.07, 6.45) is -3.56. The van der Waals surface area contributed by atoms with Crippen LogP contribution in [-0.4, -0.2) is 19.4 Å². The zero-order valence-electron chi connectivity index (χ0n) is 5.16. The van der Waals surface area contributed by atoms with E-state index in [1.165, 1.54) is 6.92 Å². The average molecular weight is 142 g/mol. The number of hydrogen-bond donors (Lipinski definition) is 0. The average Bonchev–Trinajstić information content (AvgIpc) is 1.84. The molecule has 1 nitrogen and oxygen atoms in total. The van der Waals surface area contributed by atoms with Gasteiger partial charge in [0.1, 0.15) is 6.67 Å². The molecule has 0 aliphatic carbocycles. The van der Waals surface area contributed by atoms with Gasteiger partial charge in [0, 0.05) is 6.42 Å². The number of ether oxygens (including phenoxy) is 1. The van der Waals surface area contributed by atoms with E-state index in [0.717, 1.165) is 0 Å². The van der Waals surface area contributed by atoms with Crippen molar-refractivity contribution < 1.29 is 17.9 Å². The fraction of sp³-hybridized carbons (Fsp3) is 1.00. The van der Waals surface area contributed by atoms with Crippen LogP contribution >= 0.6 is 0 Å². The summed E-state index contributed by atoms with van der Waals surface area (Å²) in [5.74, 6) is 0. The zero-order valence-corrected chi connectivity index (χ0v) is 5.16. The molecule has 0 rings (SSSR count). The lowest BCUT2D eigenvalue weighted by Gasteiger charge is -2.12. The molecule has 56 valence electrons. The van der Waals surface area contributed by atoms with E-state index in [2.05, 4.69) is 4.74 Å². The van der Waals surface area contributed by atoms with Gasteiger partial charge in [-0.1, -0.05) is 6.92 Å². The highest BCUT2D eigenvalue weighted by molar-refractivity contribution is 4.46. The minimum Gasteiger partial charge on any atom is -0.318 e. The fourth-order valence-electron chi connectivity index (χ4n) is 0.290. The van der Waals surface area contributed by atoms with Crippen molar-refractivity contribution in [1.82, 2.24) is 0 Å². The fourth-order valence-corrected chi connectivity index (χ4v) is 0.290. The monoisotopic (exact) mass is 142 g/mol. The van der Waals surface area contributed by atoms with Gasteiger partial charge in [-0.05, 0) is 0 Å². The molecule has 0 saturated heterocycles. The molecule has 0 atom stereocenters. The maximum Gasteiger partial charge on any atom is 0.355 e. The van der Waals surface area contributed by atoms with Crippen LogP contribution in [0, 0.1) is 0 Å². The molecular weight excluding hydrogens is 133 g/mol. The zero-order chi connectivity index (χ0) is 7.33. The largest absolute Gasteiger partial charge is 0.355 e. The summed E-state index contributed by atoms with van der Waals surface area (Å²) in [6, 6.07) is 0. The molecule has 0 saturated carbocycles. The summed E-state index contributed by atoms with van der Waals surface area (Å²) < 4.78 is 38.9. The summed E-state index contributed by atoms with van der Waals surface area (Å²) in [4.78, 5) is 0. The molecule has 0 fully saturated rings. The second-order valence-corrected chi connectivity index (χ2v) is 1.53. The van der Waals surface area contributed by atoms with Gasteiger partial charge in [-0.25, -0.2) is 4.39 Å². The first-order valence-electron chi connectivity index (χ1n) is 2.70. The van der Waals surface area contributed by atoms with Crippen molar-refractivity contribution in [3.05, 3.63) is 0 Å². The van der Waals surface area contributed by atoms with Crippen LogP contribution < -0.4 is 0 Å². The highest BCUT2D eigenvalue weighted by Gasteiger charge is 2.26. The Balaban J connectivity index is 3.33. The second-order valence-electron chi connectivity index (χ2n) is 1.53. The Morgan fingerprint density at radius 2 is 2.00 bits per heavy atom. The van der Waals surface area contributed by atoms with Gasteiger partial charge in [0.2, 0.25) is 0 Å². The molecule has 0 aromatic heterocycles. The highest BCUT2D eigenvalue weighted by Crippen LogP contribution is 2.18. The molecule has 0 aliphatic heterocycles. The molecule has 0 heterocycles. The first kappa shape index (κ1) is 8.75. The van der Waals surface area contributed by atoms with Gasteiger partial charge in [0.25, 0.3) is 0 Å². The normalized spacial score (nSPS) is 12.0. The van der Waals surface area contributed by atoms with Crippen LogP contribution in [0.1, 0.15) is 13.3 Å². The lowest BCUT2D eigenvalue weighted by Crippen LogP contribution is -2.20. The van der Waals surface area contributed by atoms with Crippen LogP contribution in [0.3, 0.4) is 0 Å². The van der Waals surface area contributed by atoms with Crippen LogP contribution in [0.2, 0.25) is 0 Å². The minimum atomic E-state index is -3.15. The highest BCUT2D eigenvalue weighted by atomic mass is 19.3. The minimum absolute atomic E-state index is 0.410. The molecule has 0 unspecified atom stereocenters. The molecular formula is C5H9F3O. The summed E-state index contributed by atoms with van der Waals surface area (Å²) in [6.45, 7) is -0.116. The van der Waals surface area contributed by atoms with E-state index in [4.69, 9.17) is 0 Å². The summed E-state index contributed by atoms with van der Waals surface area (Å²) in [5.41, 5.74) is 0. The van der Waals surface area contributed by atoms with Crippen molar-refractivity contribution in [1.29, 1.82) is 0 Å². The Bertz CT molecular complexity index is 74.6. The van der Waals surface area contributed by atoms with Gasteiger partial charge in [-0.3, -0.25) is 0 Å². The van der Waals surface area contributed by atoms with Crippen molar-refractivity contribution in [3.8, 4) is 0 Å². The van der Waals surface area contributed by atoms with Crippen molar-refractivity contribution in [2.75, 3.05) is 13.3 Å². The molecule has 0 bridgehead atoms. The number of alkyl halides is 3. The van der Waals surface area contributed by atoms with Crippen molar-refractivity contribution in [2.45, 2.75) is 19.5 Å². The predicted octanol–water partition coefficient (Wildman–Crippen LogP) is 1.98. The Morgan fingerprint density at radius 1 is 1.44 bits per heavy atom. The van der Waals surface area contributed by atoms with Crippen LogP contribution in [0.25, 0.3) is 0 Å². The first-order chi connectivity index (χ1) is 4.12. The van der Waals surface area contributed by atoms with E-state index in [1.54, 1.807) is 0 Å². The predicted molar refractivity (Wildman–Crippen MR) is 27.2 cm³/mol. The summed E-state index contributed by atoms with van der Waals surface area (Å²) >= 11 is 0. The summed E-state index contributed by atoms with van der Waals surface area (Å²) in [5, 5.41) is 0. The van der Waals surface area contributed by atoms with Crippen LogP contribution in [-0.2, 0) is 4.74 Å². The molecule has 4 heteroatoms. The SMILES string of the molecule is CCC(F)(F)OCCF. The van der Waals surface area contributed by atoms with E-state index in [0.29, 0.717) is 0 Å². The molecule has 0 N–H and O–H groups in total. The number of rotatable bonds is 4. The molecule has 0 aromatic rings. The Morgan fingerprint density at radius 3 is 2.33 bits per heavy atom. The standard InChI is InChI=1S/C5H9F3O/c1-2-5(7,8)9-4-3-6/h2-4H2,1H3. The number of halogens is 3. The third-order valence-corrected chi connectivity index (χ3v) is 0.802. The van der Waals surface area contributed by atoms with Crippen molar-refractivity contribution >= 4 is 0 Å². The first-order valence-corrected chi connectivity index (χ1v) is 2.70. The van der Waals surface area contributed by atoms with Gasteiger partial charge in [-0.2, -0.15) is 8.78 Å². The van der Waals surface area contributed by atoms with Crippen molar-refractivity contribution in [2.24, 2.45) is 0 Å². The van der Waals surface area contributed by atoms with Crippen LogP contribution in [0.4, 0.5) is 13.2 Å². The molecule has 0 amide bonds. The Hall–Kier alpha value is -0.250. The molecule has 0 aromatic carbocycles. The van der Waals surface area contributed by atoms with Gasteiger partial charge in [-0.15, -0.1) is 0 Å². The van der Waals surface area contributed by atoms with E-state index >= 15 is 0 Å². The topological polar surface area (TPSA) is 9.23 Å². The molecule has 0 spiro atoms.